The number of likely N-dealkylation sites (N-methyl/N-ethyl adjacent to an activating group) is 1. The van der Waals surface area contributed by atoms with Crippen LogP contribution in [-0.2, 0) is 71.8 Å². The maximum Gasteiger partial charge on any atom is 0.329 e. The fraction of sp³-hybridized carbons (Fsp3) is 0.759. The van der Waals surface area contributed by atoms with Gasteiger partial charge in [-0.25, -0.2) is 4.79 Å². The van der Waals surface area contributed by atoms with Crippen LogP contribution in [0.3, 0.4) is 0 Å². The number of hydrogen-bond donors (Lipinski definition) is 12. The Hall–Kier alpha value is -7.01. The first-order valence-electron chi connectivity index (χ1n) is 28.4. The summed E-state index contributed by atoms with van der Waals surface area (Å²) in [5, 5.41) is 38.4. The highest BCUT2D eigenvalue weighted by molar-refractivity contribution is 5.99. The van der Waals surface area contributed by atoms with Crippen LogP contribution in [0.15, 0.2) is 0 Å². The molecule has 2 fully saturated rings. The molecule has 0 radical (unpaired) electrons. The molecule has 2 heterocycles. The number of cyclic esters (lactones) is 1. The molecule has 2 aliphatic heterocycles. The lowest BCUT2D eigenvalue weighted by molar-refractivity contribution is -0.168. The molecular weight excluding hydrogens is 1090 g/mol. The molecule has 1 unspecified atom stereocenters. The van der Waals surface area contributed by atoms with Crippen molar-refractivity contribution in [2.45, 2.75) is 205 Å². The molecule has 0 aromatic carbocycles. The summed E-state index contributed by atoms with van der Waals surface area (Å²) in [4.78, 5) is 183. The van der Waals surface area contributed by atoms with Crippen molar-refractivity contribution in [3.63, 3.8) is 0 Å². The number of primary amides is 2. The number of fused-ring (bicyclic) bond motifs is 1. The molecule has 0 aliphatic carbocycles. The van der Waals surface area contributed by atoms with E-state index in [0.29, 0.717) is 12.8 Å². The number of nitrogens with zero attached hydrogens (tertiary/aromatic N) is 2. The lowest BCUT2D eigenvalue weighted by Gasteiger charge is -2.39. The van der Waals surface area contributed by atoms with Crippen molar-refractivity contribution in [1.29, 1.82) is 0 Å². The maximum absolute atomic E-state index is 15.0. The summed E-state index contributed by atoms with van der Waals surface area (Å²) >= 11 is 0. The van der Waals surface area contributed by atoms with E-state index in [2.05, 4.69) is 37.2 Å². The number of nitrogens with two attached hydrogens (primary N) is 3. The Kier molecular flexibility index (Phi) is 30.6. The molecule has 83 heavy (non-hydrogen) atoms. The van der Waals surface area contributed by atoms with Crippen molar-refractivity contribution in [3.8, 4) is 0 Å². The van der Waals surface area contributed by atoms with Crippen molar-refractivity contribution in [2.75, 3.05) is 33.9 Å². The van der Waals surface area contributed by atoms with Crippen molar-refractivity contribution in [3.05, 3.63) is 0 Å². The second kappa shape index (κ2) is 35.2. The molecule has 29 heteroatoms. The number of nitrogens with one attached hydrogen (secondary N) is 7. The lowest BCUT2D eigenvalue weighted by atomic mass is 9.87. The third-order valence-electron chi connectivity index (χ3n) is 14.7. The predicted molar refractivity (Wildman–Crippen MR) is 298 cm³/mol. The Labute approximate surface area is 484 Å². The quantitative estimate of drug-likeness (QED) is 0.0430. The number of aliphatic hydroxyl groups is 1. The van der Waals surface area contributed by atoms with Crippen LogP contribution in [0.4, 0.5) is 0 Å². The Morgan fingerprint density at radius 1 is 0.723 bits per heavy atom. The van der Waals surface area contributed by atoms with Crippen LogP contribution >= 0.6 is 0 Å². The van der Waals surface area contributed by atoms with Crippen molar-refractivity contribution >= 4 is 76.9 Å². The van der Waals surface area contributed by atoms with Gasteiger partial charge < -0.3 is 83.9 Å². The van der Waals surface area contributed by atoms with E-state index < -0.39 is 188 Å². The van der Waals surface area contributed by atoms with Crippen LogP contribution in [0.2, 0.25) is 0 Å². The maximum atomic E-state index is 15.0. The summed E-state index contributed by atoms with van der Waals surface area (Å²) in [5.74, 6) is -15.2. The SMILES string of the molecule is CO[C@H](C)[C@@H]1NC(=O)[C@H](CCC(N)=O)N(C)C(=O)[C@H](CC(C)C)NC(=O)[C@@H](CCCN)NC(=O)C(CO)NC(=O)[C@H](NC(=O)[C@H](CCC(N)=O)NC(=O)CCC(C)C)[C@H]([C@H](C)C(C)C)OC(=O)[C@@H]2CCCCN2C(=O)[C@@H](CC(=O)O)NC1=O. The van der Waals surface area contributed by atoms with Crippen LogP contribution < -0.4 is 54.4 Å². The summed E-state index contributed by atoms with van der Waals surface area (Å²) in [7, 11) is 2.39. The highest BCUT2D eigenvalue weighted by Gasteiger charge is 2.46. The number of aliphatic hydroxyl groups excluding tert-OH is 1. The van der Waals surface area contributed by atoms with Crippen molar-refractivity contribution in [1.82, 2.24) is 47.0 Å². The zero-order chi connectivity index (χ0) is 63.0. The van der Waals surface area contributed by atoms with Gasteiger partial charge in [-0.1, -0.05) is 48.5 Å². The molecule has 12 atom stereocenters. The molecule has 0 bridgehead atoms. The first-order chi connectivity index (χ1) is 38.9. The van der Waals surface area contributed by atoms with E-state index in [0.717, 1.165) is 9.80 Å². The zero-order valence-electron chi connectivity index (χ0n) is 49.6. The molecule has 2 saturated heterocycles. The number of hydrogen-bond acceptors (Lipinski definition) is 17. The van der Waals surface area contributed by atoms with Gasteiger partial charge in [-0.2, -0.15) is 0 Å². The normalized spacial score (nSPS) is 25.3. The lowest BCUT2D eigenvalue weighted by Crippen LogP contribution is -2.64. The molecule has 2 aliphatic rings. The van der Waals surface area contributed by atoms with Gasteiger partial charge >= 0.3 is 11.9 Å². The van der Waals surface area contributed by atoms with Crippen molar-refractivity contribution in [2.24, 2.45) is 40.9 Å². The second-order valence-corrected chi connectivity index (χ2v) is 22.6. The van der Waals surface area contributed by atoms with E-state index in [-0.39, 0.29) is 69.9 Å². The van der Waals surface area contributed by atoms with Crippen LogP contribution in [0, 0.1) is 23.7 Å². The monoisotopic (exact) mass is 1180 g/mol. The van der Waals surface area contributed by atoms with Gasteiger partial charge in [0, 0.05) is 40.0 Å². The molecule has 0 aromatic rings. The summed E-state index contributed by atoms with van der Waals surface area (Å²) < 4.78 is 11.6. The van der Waals surface area contributed by atoms with Gasteiger partial charge in [0.1, 0.15) is 60.5 Å². The topological polar surface area (TPSA) is 450 Å². The molecule has 2 rings (SSSR count). The highest BCUT2D eigenvalue weighted by Crippen LogP contribution is 2.26. The van der Waals surface area contributed by atoms with Gasteiger partial charge in [0.2, 0.25) is 65.0 Å². The van der Waals surface area contributed by atoms with Crippen LogP contribution in [0.5, 0.6) is 0 Å². The van der Waals surface area contributed by atoms with Crippen molar-refractivity contribution < 1.29 is 82.0 Å². The standard InChI is InChI=1S/C54H92N12O17/c1-27(2)16-21-41(70)58-33(17-19-39(56)68)47(74)64-44-45(30(7)29(5)6)83-54(81)38-15-11-12-23-66(38)53(80)35(25-42(71)72)61-50(77)43(31(8)82-10)63-49(76)37(18-20-40(57)69)65(9)52(79)34(24-28(3)4)60-46(73)32(14-13-22-55)59-48(75)36(26-67)62-51(44)78/h27-38,43-45,67H,11-26,55H2,1-10H3,(H2,56,68)(H2,57,69)(H,58,70)(H,59,75)(H,60,73)(H,61,77)(H,62,78)(H,63,76)(H,64,74)(H,71,72)/t30-,31-,32-,33+,34+,35-,36?,37+,38+,43+,44-,45+/m1/s1. The number of ether oxygens (including phenoxy) is 2. The Morgan fingerprint density at radius 2 is 1.33 bits per heavy atom. The van der Waals surface area contributed by atoms with Crippen LogP contribution in [-0.4, -0.2) is 197 Å². The number of carboxylic acid groups (broad SMARTS) is 1. The minimum Gasteiger partial charge on any atom is -0.481 e. The van der Waals surface area contributed by atoms with E-state index in [1.54, 1.807) is 34.6 Å². The Bertz CT molecular complexity index is 2290. The Morgan fingerprint density at radius 3 is 1.88 bits per heavy atom. The molecule has 29 nitrogen and oxygen atoms in total. The fourth-order valence-electron chi connectivity index (χ4n) is 9.38. The third kappa shape index (κ3) is 23.3. The minimum absolute atomic E-state index is 0.00932. The van der Waals surface area contributed by atoms with Crippen LogP contribution in [0.25, 0.3) is 0 Å². The van der Waals surface area contributed by atoms with E-state index in [1.165, 1.54) is 21.1 Å². The van der Waals surface area contributed by atoms with E-state index >= 15 is 0 Å². The van der Waals surface area contributed by atoms with E-state index in [9.17, 15) is 72.5 Å². The number of carbonyl (C=O) groups is 13. The molecular formula is C54H92N12O17. The van der Waals surface area contributed by atoms with Gasteiger partial charge in [-0.15, -0.1) is 0 Å². The zero-order valence-corrected chi connectivity index (χ0v) is 49.6. The molecule has 0 spiro atoms. The predicted octanol–water partition coefficient (Wildman–Crippen LogP) is -2.94. The number of rotatable bonds is 24. The minimum atomic E-state index is -2.01. The molecule has 470 valence electrons. The average Bonchev–Trinajstić information content (AvgIpc) is 3.50. The summed E-state index contributed by atoms with van der Waals surface area (Å²) in [5.41, 5.74) is 16.8. The molecule has 0 saturated carbocycles. The Balaban J connectivity index is 3.08. The van der Waals surface area contributed by atoms with E-state index in [4.69, 9.17) is 26.7 Å². The molecule has 15 N–H and O–H groups in total. The molecule has 0 aromatic heterocycles. The van der Waals surface area contributed by atoms with Gasteiger partial charge in [-0.05, 0) is 94.9 Å². The smallest absolute Gasteiger partial charge is 0.329 e. The highest BCUT2D eigenvalue weighted by atomic mass is 16.5. The van der Waals surface area contributed by atoms with Gasteiger partial charge in [0.25, 0.3) is 0 Å². The first-order valence-corrected chi connectivity index (χ1v) is 28.4. The first kappa shape index (κ1) is 72.1. The fourth-order valence-corrected chi connectivity index (χ4v) is 9.38. The summed E-state index contributed by atoms with van der Waals surface area (Å²) in [6, 6.07) is -15.2. The van der Waals surface area contributed by atoms with E-state index in [1.807, 2.05) is 13.8 Å². The largest absolute Gasteiger partial charge is 0.481 e. The number of carbonyl (C=O) groups excluding carboxylic acids is 12. The summed E-state index contributed by atoms with van der Waals surface area (Å²) in [6.07, 6.45) is -4.87. The number of piperidine rings is 1. The number of esters is 1. The third-order valence-corrected chi connectivity index (χ3v) is 14.7. The van der Waals surface area contributed by atoms with Gasteiger partial charge in [0.05, 0.1) is 19.1 Å². The number of amides is 11. The number of aliphatic carboxylic acids is 1. The molecule has 11 amide bonds. The number of methoxy groups -OCH3 is 1. The van der Waals surface area contributed by atoms with Gasteiger partial charge in [-0.3, -0.25) is 57.5 Å². The van der Waals surface area contributed by atoms with Gasteiger partial charge in [0.15, 0.2) is 0 Å². The van der Waals surface area contributed by atoms with Crippen LogP contribution in [0.1, 0.15) is 139 Å². The average molecular weight is 1180 g/mol. The number of carboxylic acids is 1. The second-order valence-electron chi connectivity index (χ2n) is 22.6. The summed E-state index contributed by atoms with van der Waals surface area (Å²) in [6.45, 7) is 12.2.